The van der Waals surface area contributed by atoms with E-state index in [0.29, 0.717) is 11.3 Å². The summed E-state index contributed by atoms with van der Waals surface area (Å²) in [6.07, 6.45) is 0. The van der Waals surface area contributed by atoms with Crippen molar-refractivity contribution in [2.45, 2.75) is 19.9 Å². The quantitative estimate of drug-likeness (QED) is 0.647. The fourth-order valence-corrected chi connectivity index (χ4v) is 2.14. The molecular formula is C15H14ClFN2O2. The summed E-state index contributed by atoms with van der Waals surface area (Å²) in [5, 5.41) is 14.0. The van der Waals surface area contributed by atoms with Crippen molar-refractivity contribution in [3.8, 4) is 0 Å². The zero-order valence-electron chi connectivity index (χ0n) is 11.6. The Bertz CT molecular complexity index is 691. The van der Waals surface area contributed by atoms with Crippen molar-refractivity contribution in [3.63, 3.8) is 0 Å². The molecule has 0 aliphatic rings. The average molecular weight is 309 g/mol. The van der Waals surface area contributed by atoms with Crippen LogP contribution in [0, 0.1) is 22.9 Å². The molecule has 6 heteroatoms. The highest BCUT2D eigenvalue weighted by Gasteiger charge is 2.14. The van der Waals surface area contributed by atoms with Gasteiger partial charge in [0.1, 0.15) is 10.8 Å². The van der Waals surface area contributed by atoms with Crippen LogP contribution in [-0.2, 0) is 0 Å². The molecule has 4 nitrogen and oxygen atoms in total. The minimum atomic E-state index is -0.538. The van der Waals surface area contributed by atoms with Crippen molar-refractivity contribution < 1.29 is 9.31 Å². The molecule has 1 N–H and O–H groups in total. The Labute approximate surface area is 126 Å². The molecule has 2 aromatic carbocycles. The van der Waals surface area contributed by atoms with Gasteiger partial charge in [-0.05, 0) is 43.2 Å². The average Bonchev–Trinajstić information content (AvgIpc) is 2.43. The highest BCUT2D eigenvalue weighted by atomic mass is 35.5. The molecule has 0 aromatic heterocycles. The Kier molecular flexibility index (Phi) is 4.43. The topological polar surface area (TPSA) is 55.2 Å². The van der Waals surface area contributed by atoms with Crippen molar-refractivity contribution in [2.24, 2.45) is 0 Å². The van der Waals surface area contributed by atoms with Crippen LogP contribution in [0.15, 0.2) is 36.4 Å². The predicted molar refractivity (Wildman–Crippen MR) is 81.3 cm³/mol. The van der Waals surface area contributed by atoms with Crippen LogP contribution in [0.1, 0.15) is 24.1 Å². The third-order valence-corrected chi connectivity index (χ3v) is 3.54. The van der Waals surface area contributed by atoms with E-state index in [1.165, 1.54) is 18.2 Å². The molecule has 0 aliphatic carbocycles. The zero-order chi connectivity index (χ0) is 15.6. The second-order valence-corrected chi connectivity index (χ2v) is 5.21. The number of benzene rings is 2. The van der Waals surface area contributed by atoms with E-state index in [1.54, 1.807) is 19.1 Å². The van der Waals surface area contributed by atoms with Crippen molar-refractivity contribution in [2.75, 3.05) is 5.32 Å². The van der Waals surface area contributed by atoms with Gasteiger partial charge in [0.2, 0.25) is 0 Å². The van der Waals surface area contributed by atoms with Gasteiger partial charge in [-0.1, -0.05) is 23.7 Å². The SMILES string of the molecule is Cc1ccc(C(C)Nc2ccc(Cl)c([N+](=O)[O-])c2)cc1F. The van der Waals surface area contributed by atoms with E-state index in [1.807, 2.05) is 13.0 Å². The number of nitrogens with one attached hydrogen (secondary N) is 1. The Morgan fingerprint density at radius 3 is 2.62 bits per heavy atom. The summed E-state index contributed by atoms with van der Waals surface area (Å²) in [5.74, 6) is -0.275. The van der Waals surface area contributed by atoms with Crippen LogP contribution in [-0.4, -0.2) is 4.92 Å². The molecule has 1 atom stereocenters. The predicted octanol–water partition coefficient (Wildman–Crippen LogP) is 4.87. The van der Waals surface area contributed by atoms with Crippen molar-refractivity contribution >= 4 is 23.0 Å². The van der Waals surface area contributed by atoms with Gasteiger partial charge < -0.3 is 5.32 Å². The first kappa shape index (κ1) is 15.3. The molecule has 0 saturated heterocycles. The highest BCUT2D eigenvalue weighted by Crippen LogP contribution is 2.29. The molecule has 110 valence electrons. The lowest BCUT2D eigenvalue weighted by molar-refractivity contribution is -0.384. The molecule has 21 heavy (non-hydrogen) atoms. The number of rotatable bonds is 4. The van der Waals surface area contributed by atoms with Gasteiger partial charge in [-0.25, -0.2) is 4.39 Å². The summed E-state index contributed by atoms with van der Waals surface area (Å²) in [4.78, 5) is 10.3. The van der Waals surface area contributed by atoms with Gasteiger partial charge >= 0.3 is 0 Å². The molecule has 0 fully saturated rings. The summed E-state index contributed by atoms with van der Waals surface area (Å²) in [6, 6.07) is 9.26. The largest absolute Gasteiger partial charge is 0.378 e. The normalized spacial score (nSPS) is 12.0. The highest BCUT2D eigenvalue weighted by molar-refractivity contribution is 6.32. The fraction of sp³-hybridized carbons (Fsp3) is 0.200. The number of halogens is 2. The summed E-state index contributed by atoms with van der Waals surface area (Å²) in [5.41, 5.74) is 1.73. The zero-order valence-corrected chi connectivity index (χ0v) is 12.3. The van der Waals surface area contributed by atoms with Crippen LogP contribution in [0.3, 0.4) is 0 Å². The number of nitrogens with zero attached hydrogens (tertiary/aromatic N) is 1. The number of nitro groups is 1. The van der Waals surface area contributed by atoms with Crippen LogP contribution in [0.25, 0.3) is 0 Å². The molecule has 2 aromatic rings. The van der Waals surface area contributed by atoms with E-state index < -0.39 is 4.92 Å². The van der Waals surface area contributed by atoms with Crippen LogP contribution < -0.4 is 5.32 Å². The fourth-order valence-electron chi connectivity index (χ4n) is 1.95. The standard InChI is InChI=1S/C15H14ClFN2O2/c1-9-3-4-11(7-14(9)17)10(2)18-12-5-6-13(16)15(8-12)19(20)21/h3-8,10,18H,1-2H3. The lowest BCUT2D eigenvalue weighted by atomic mass is 10.1. The van der Waals surface area contributed by atoms with Gasteiger partial charge in [0, 0.05) is 17.8 Å². The van der Waals surface area contributed by atoms with Crippen LogP contribution >= 0.6 is 11.6 Å². The lowest BCUT2D eigenvalue weighted by Gasteiger charge is -2.16. The summed E-state index contributed by atoms with van der Waals surface area (Å²) >= 11 is 5.76. The monoisotopic (exact) mass is 308 g/mol. The lowest BCUT2D eigenvalue weighted by Crippen LogP contribution is -2.07. The molecule has 0 aliphatic heterocycles. The van der Waals surface area contributed by atoms with Gasteiger partial charge in [-0.3, -0.25) is 10.1 Å². The van der Waals surface area contributed by atoms with E-state index in [-0.39, 0.29) is 22.6 Å². The number of anilines is 1. The Hall–Kier alpha value is -2.14. The van der Waals surface area contributed by atoms with Gasteiger partial charge in [-0.2, -0.15) is 0 Å². The third kappa shape index (κ3) is 3.49. The summed E-state index contributed by atoms with van der Waals surface area (Å²) < 4.78 is 13.6. The van der Waals surface area contributed by atoms with Crippen LogP contribution in [0.2, 0.25) is 5.02 Å². The minimum absolute atomic E-state index is 0.0829. The molecule has 1 unspecified atom stereocenters. The Morgan fingerprint density at radius 2 is 2.00 bits per heavy atom. The number of aryl methyl sites for hydroxylation is 1. The summed E-state index contributed by atoms with van der Waals surface area (Å²) in [7, 11) is 0. The third-order valence-electron chi connectivity index (χ3n) is 3.22. The maximum atomic E-state index is 13.6. The molecule has 0 amide bonds. The van der Waals surface area contributed by atoms with Crippen molar-refractivity contribution in [3.05, 3.63) is 68.5 Å². The molecular weight excluding hydrogens is 295 g/mol. The van der Waals surface area contributed by atoms with Gasteiger partial charge in [-0.15, -0.1) is 0 Å². The summed E-state index contributed by atoms with van der Waals surface area (Å²) in [6.45, 7) is 3.55. The smallest absolute Gasteiger partial charge is 0.289 e. The van der Waals surface area contributed by atoms with E-state index in [4.69, 9.17) is 11.6 Å². The maximum absolute atomic E-state index is 13.6. The first-order valence-electron chi connectivity index (χ1n) is 6.35. The van der Waals surface area contributed by atoms with Crippen molar-refractivity contribution in [1.82, 2.24) is 0 Å². The van der Waals surface area contributed by atoms with E-state index >= 15 is 0 Å². The molecule has 0 heterocycles. The Balaban J connectivity index is 2.23. The van der Waals surface area contributed by atoms with E-state index in [0.717, 1.165) is 5.56 Å². The second kappa shape index (κ2) is 6.10. The second-order valence-electron chi connectivity index (χ2n) is 4.80. The maximum Gasteiger partial charge on any atom is 0.289 e. The first-order chi connectivity index (χ1) is 9.88. The van der Waals surface area contributed by atoms with E-state index in [2.05, 4.69) is 5.32 Å². The van der Waals surface area contributed by atoms with Gasteiger partial charge in [0.15, 0.2) is 0 Å². The number of hydrogen-bond donors (Lipinski definition) is 1. The number of nitro benzene ring substituents is 1. The van der Waals surface area contributed by atoms with Crippen LogP contribution in [0.4, 0.5) is 15.8 Å². The molecule has 2 rings (SSSR count). The van der Waals surface area contributed by atoms with E-state index in [9.17, 15) is 14.5 Å². The molecule has 0 spiro atoms. The van der Waals surface area contributed by atoms with Crippen molar-refractivity contribution in [1.29, 1.82) is 0 Å². The van der Waals surface area contributed by atoms with Gasteiger partial charge in [0.25, 0.3) is 5.69 Å². The Morgan fingerprint density at radius 1 is 1.29 bits per heavy atom. The number of hydrogen-bond acceptors (Lipinski definition) is 3. The van der Waals surface area contributed by atoms with Crippen LogP contribution in [0.5, 0.6) is 0 Å². The molecule has 0 radical (unpaired) electrons. The molecule has 0 saturated carbocycles. The molecule has 0 bridgehead atoms. The first-order valence-corrected chi connectivity index (χ1v) is 6.73. The minimum Gasteiger partial charge on any atom is -0.378 e. The van der Waals surface area contributed by atoms with Gasteiger partial charge in [0.05, 0.1) is 4.92 Å².